The highest BCUT2D eigenvalue weighted by Crippen LogP contribution is 2.33. The molecule has 0 saturated heterocycles. The van der Waals surface area contributed by atoms with Crippen LogP contribution in [0.15, 0.2) is 18.2 Å². The van der Waals surface area contributed by atoms with Gasteiger partial charge >= 0.3 is 0 Å². The first-order valence-corrected chi connectivity index (χ1v) is 7.29. The minimum Gasteiger partial charge on any atom is -0.497 e. The van der Waals surface area contributed by atoms with E-state index < -0.39 is 0 Å². The summed E-state index contributed by atoms with van der Waals surface area (Å²) in [4.78, 5) is 0. The van der Waals surface area contributed by atoms with E-state index in [2.05, 4.69) is 24.4 Å². The highest BCUT2D eigenvalue weighted by atomic mass is 16.5. The molecule has 1 aliphatic rings. The summed E-state index contributed by atoms with van der Waals surface area (Å²) in [5.41, 5.74) is 2.83. The first-order valence-electron chi connectivity index (χ1n) is 7.29. The van der Waals surface area contributed by atoms with E-state index in [0.717, 1.165) is 38.0 Å². The van der Waals surface area contributed by atoms with Gasteiger partial charge in [-0.25, -0.2) is 0 Å². The van der Waals surface area contributed by atoms with Gasteiger partial charge in [0.05, 0.1) is 7.11 Å². The molecule has 0 amide bonds. The number of hydrogen-bond donors (Lipinski definition) is 2. The van der Waals surface area contributed by atoms with Gasteiger partial charge in [-0.05, 0) is 55.0 Å². The van der Waals surface area contributed by atoms with Gasteiger partial charge in [0.25, 0.3) is 0 Å². The van der Waals surface area contributed by atoms with Gasteiger partial charge < -0.3 is 15.2 Å². The van der Waals surface area contributed by atoms with E-state index in [1.165, 1.54) is 11.1 Å². The van der Waals surface area contributed by atoms with E-state index in [0.29, 0.717) is 12.0 Å². The number of benzene rings is 1. The Labute approximate surface area is 116 Å². The van der Waals surface area contributed by atoms with Crippen molar-refractivity contribution in [3.05, 3.63) is 29.3 Å². The second-order valence-corrected chi connectivity index (χ2v) is 5.35. The van der Waals surface area contributed by atoms with Crippen LogP contribution in [0.3, 0.4) is 0 Å². The Hall–Kier alpha value is -1.06. The number of aliphatic hydroxyl groups is 1. The fourth-order valence-corrected chi connectivity index (χ4v) is 2.86. The Morgan fingerprint density at radius 3 is 3.00 bits per heavy atom. The van der Waals surface area contributed by atoms with Crippen molar-refractivity contribution in [3.63, 3.8) is 0 Å². The Kier molecular flexibility index (Phi) is 5.23. The van der Waals surface area contributed by atoms with Gasteiger partial charge in [-0.3, -0.25) is 0 Å². The van der Waals surface area contributed by atoms with Crippen molar-refractivity contribution in [2.45, 2.75) is 38.6 Å². The van der Waals surface area contributed by atoms with Crippen LogP contribution in [0, 0.1) is 5.92 Å². The Morgan fingerprint density at radius 1 is 1.47 bits per heavy atom. The van der Waals surface area contributed by atoms with Crippen LogP contribution in [0.4, 0.5) is 0 Å². The number of fused-ring (bicyclic) bond motifs is 1. The zero-order valence-corrected chi connectivity index (χ0v) is 12.0. The first-order chi connectivity index (χ1) is 9.28. The van der Waals surface area contributed by atoms with Crippen molar-refractivity contribution in [1.82, 2.24) is 5.32 Å². The molecule has 2 N–H and O–H groups in total. The van der Waals surface area contributed by atoms with Crippen LogP contribution in [-0.2, 0) is 6.42 Å². The molecule has 1 aromatic rings. The molecule has 0 aromatic heterocycles. The van der Waals surface area contributed by atoms with Gasteiger partial charge in [-0.2, -0.15) is 0 Å². The SMILES string of the molecule is CCC(CCO)CNC1CCc2ccc(OC)cc21. The number of rotatable bonds is 7. The third kappa shape index (κ3) is 3.48. The lowest BCUT2D eigenvalue weighted by Gasteiger charge is -2.19. The fourth-order valence-electron chi connectivity index (χ4n) is 2.86. The summed E-state index contributed by atoms with van der Waals surface area (Å²) >= 11 is 0. The van der Waals surface area contributed by atoms with Crippen LogP contribution >= 0.6 is 0 Å². The molecular weight excluding hydrogens is 238 g/mol. The van der Waals surface area contributed by atoms with Crippen LogP contribution < -0.4 is 10.1 Å². The van der Waals surface area contributed by atoms with Gasteiger partial charge in [0, 0.05) is 12.6 Å². The normalized spacial score (nSPS) is 19.2. The lowest BCUT2D eigenvalue weighted by atomic mass is 10.0. The molecule has 1 aromatic carbocycles. The number of aliphatic hydroxyl groups excluding tert-OH is 1. The molecule has 3 nitrogen and oxygen atoms in total. The largest absolute Gasteiger partial charge is 0.497 e. The van der Waals surface area contributed by atoms with Crippen LogP contribution in [0.5, 0.6) is 5.75 Å². The minimum absolute atomic E-state index is 0.287. The van der Waals surface area contributed by atoms with Crippen LogP contribution in [0.25, 0.3) is 0 Å². The molecule has 3 heteroatoms. The summed E-state index contributed by atoms with van der Waals surface area (Å²) in [5, 5.41) is 12.7. The zero-order valence-electron chi connectivity index (χ0n) is 12.0. The minimum atomic E-state index is 0.287. The van der Waals surface area contributed by atoms with Crippen molar-refractivity contribution in [3.8, 4) is 5.75 Å². The van der Waals surface area contributed by atoms with Gasteiger partial charge in [0.2, 0.25) is 0 Å². The van der Waals surface area contributed by atoms with E-state index >= 15 is 0 Å². The smallest absolute Gasteiger partial charge is 0.119 e. The van der Waals surface area contributed by atoms with Crippen molar-refractivity contribution < 1.29 is 9.84 Å². The average Bonchev–Trinajstić information content (AvgIpc) is 2.85. The molecule has 106 valence electrons. The van der Waals surface area contributed by atoms with Crippen molar-refractivity contribution in [1.29, 1.82) is 0 Å². The Balaban J connectivity index is 1.97. The van der Waals surface area contributed by atoms with E-state index in [-0.39, 0.29) is 6.61 Å². The number of nitrogens with one attached hydrogen (secondary N) is 1. The zero-order chi connectivity index (χ0) is 13.7. The highest BCUT2D eigenvalue weighted by Gasteiger charge is 2.23. The molecule has 0 saturated carbocycles. The summed E-state index contributed by atoms with van der Waals surface area (Å²) in [6.45, 7) is 3.46. The molecule has 0 fully saturated rings. The molecule has 0 spiro atoms. The molecule has 2 unspecified atom stereocenters. The maximum atomic E-state index is 9.04. The summed E-state index contributed by atoms with van der Waals surface area (Å²) in [7, 11) is 1.72. The highest BCUT2D eigenvalue weighted by molar-refractivity contribution is 5.40. The average molecular weight is 263 g/mol. The van der Waals surface area contributed by atoms with E-state index in [9.17, 15) is 0 Å². The van der Waals surface area contributed by atoms with Crippen LogP contribution in [0.1, 0.15) is 43.4 Å². The van der Waals surface area contributed by atoms with Gasteiger partial charge in [-0.15, -0.1) is 0 Å². The van der Waals surface area contributed by atoms with E-state index in [4.69, 9.17) is 9.84 Å². The Morgan fingerprint density at radius 2 is 2.32 bits per heavy atom. The quantitative estimate of drug-likeness (QED) is 0.794. The second kappa shape index (κ2) is 6.92. The van der Waals surface area contributed by atoms with Gasteiger partial charge in [-0.1, -0.05) is 19.4 Å². The maximum Gasteiger partial charge on any atom is 0.119 e. The number of hydrogen-bond acceptors (Lipinski definition) is 3. The molecule has 1 aliphatic carbocycles. The molecule has 2 atom stereocenters. The molecule has 0 aliphatic heterocycles. The summed E-state index contributed by atoms with van der Waals surface area (Å²) < 4.78 is 5.31. The van der Waals surface area contributed by atoms with Crippen LogP contribution in [-0.4, -0.2) is 25.4 Å². The lowest BCUT2D eigenvalue weighted by molar-refractivity contribution is 0.248. The van der Waals surface area contributed by atoms with Crippen LogP contribution in [0.2, 0.25) is 0 Å². The molecule has 0 bridgehead atoms. The number of aryl methyl sites for hydroxylation is 1. The standard InChI is InChI=1S/C16H25NO2/c1-3-12(8-9-18)11-17-16-7-5-13-4-6-14(19-2)10-15(13)16/h4,6,10,12,16-18H,3,5,7-9,11H2,1-2H3. The molecule has 0 radical (unpaired) electrons. The lowest BCUT2D eigenvalue weighted by Crippen LogP contribution is -2.26. The predicted molar refractivity (Wildman–Crippen MR) is 77.5 cm³/mol. The monoisotopic (exact) mass is 263 g/mol. The van der Waals surface area contributed by atoms with Crippen molar-refractivity contribution in [2.75, 3.05) is 20.3 Å². The molecular formula is C16H25NO2. The maximum absolute atomic E-state index is 9.04. The summed E-state index contributed by atoms with van der Waals surface area (Å²) in [6, 6.07) is 6.83. The summed E-state index contributed by atoms with van der Waals surface area (Å²) in [5.74, 6) is 1.51. The van der Waals surface area contributed by atoms with Gasteiger partial charge in [0.15, 0.2) is 0 Å². The fraction of sp³-hybridized carbons (Fsp3) is 0.625. The molecule has 19 heavy (non-hydrogen) atoms. The topological polar surface area (TPSA) is 41.5 Å². The van der Waals surface area contributed by atoms with Crippen molar-refractivity contribution >= 4 is 0 Å². The van der Waals surface area contributed by atoms with Gasteiger partial charge in [0.1, 0.15) is 5.75 Å². The Bertz CT molecular complexity index is 406. The van der Waals surface area contributed by atoms with E-state index in [1.54, 1.807) is 7.11 Å². The third-order valence-corrected chi connectivity index (χ3v) is 4.20. The summed E-state index contributed by atoms with van der Waals surface area (Å²) in [6.07, 6.45) is 4.32. The number of methoxy groups -OCH3 is 1. The molecule has 2 rings (SSSR count). The third-order valence-electron chi connectivity index (χ3n) is 4.20. The molecule has 0 heterocycles. The first kappa shape index (κ1) is 14.4. The van der Waals surface area contributed by atoms with E-state index in [1.807, 2.05) is 6.07 Å². The predicted octanol–water partition coefficient (Wildman–Crippen LogP) is 2.68. The number of ether oxygens (including phenoxy) is 1. The second-order valence-electron chi connectivity index (χ2n) is 5.35. The van der Waals surface area contributed by atoms with Crippen molar-refractivity contribution in [2.24, 2.45) is 5.92 Å².